The fourth-order valence-electron chi connectivity index (χ4n) is 1.10. The van der Waals surface area contributed by atoms with Gasteiger partial charge in [-0.25, -0.2) is 4.98 Å². The molecular formula is C9H7NOS2. The van der Waals surface area contributed by atoms with Crippen molar-refractivity contribution in [1.29, 1.82) is 0 Å². The van der Waals surface area contributed by atoms with Gasteiger partial charge in [-0.1, -0.05) is 0 Å². The predicted molar refractivity (Wildman–Crippen MR) is 55.6 cm³/mol. The topological polar surface area (TPSA) is 30.0 Å². The molecule has 0 spiro atoms. The molecule has 13 heavy (non-hydrogen) atoms. The van der Waals surface area contributed by atoms with Gasteiger partial charge in [0.1, 0.15) is 0 Å². The number of aldehydes is 1. The maximum Gasteiger partial charge on any atom is 0.160 e. The van der Waals surface area contributed by atoms with Gasteiger partial charge in [-0.3, -0.25) is 4.79 Å². The largest absolute Gasteiger partial charge is 0.297 e. The van der Waals surface area contributed by atoms with Crippen molar-refractivity contribution in [3.8, 4) is 10.4 Å². The Labute approximate surface area is 83.9 Å². The zero-order valence-corrected chi connectivity index (χ0v) is 8.61. The monoisotopic (exact) mass is 209 g/mol. The lowest BCUT2D eigenvalue weighted by Gasteiger charge is -1.90. The van der Waals surface area contributed by atoms with Crippen LogP contribution in [0.1, 0.15) is 14.7 Å². The van der Waals surface area contributed by atoms with E-state index in [1.165, 1.54) is 11.3 Å². The standard InChI is InChI=1S/C9H7NOS2/c1-6-10-4-8(13-6)7-2-3-12-9(7)5-11/h2-5H,1H3. The zero-order chi connectivity index (χ0) is 9.26. The number of aromatic nitrogens is 1. The minimum absolute atomic E-state index is 0.781. The fraction of sp³-hybridized carbons (Fsp3) is 0.111. The van der Waals surface area contributed by atoms with Crippen molar-refractivity contribution in [3.63, 3.8) is 0 Å². The van der Waals surface area contributed by atoms with Crippen LogP contribution in [-0.4, -0.2) is 11.3 Å². The van der Waals surface area contributed by atoms with Gasteiger partial charge < -0.3 is 0 Å². The van der Waals surface area contributed by atoms with E-state index >= 15 is 0 Å². The summed E-state index contributed by atoms with van der Waals surface area (Å²) >= 11 is 3.08. The number of hydrogen-bond donors (Lipinski definition) is 0. The molecule has 0 aliphatic carbocycles. The minimum Gasteiger partial charge on any atom is -0.297 e. The lowest BCUT2D eigenvalue weighted by Crippen LogP contribution is -1.74. The van der Waals surface area contributed by atoms with Gasteiger partial charge in [0, 0.05) is 11.8 Å². The molecule has 4 heteroatoms. The summed E-state index contributed by atoms with van der Waals surface area (Å²) in [7, 11) is 0. The lowest BCUT2D eigenvalue weighted by atomic mass is 10.2. The molecule has 0 radical (unpaired) electrons. The Hall–Kier alpha value is -1.00. The molecule has 2 nitrogen and oxygen atoms in total. The molecule has 0 bridgehead atoms. The van der Waals surface area contributed by atoms with Crippen molar-refractivity contribution < 1.29 is 4.79 Å². The second-order valence-corrected chi connectivity index (χ2v) is 4.74. The van der Waals surface area contributed by atoms with Crippen molar-refractivity contribution in [2.45, 2.75) is 6.92 Å². The molecule has 0 aliphatic rings. The Morgan fingerprint density at radius 2 is 2.38 bits per heavy atom. The molecule has 0 saturated heterocycles. The molecule has 2 heterocycles. The van der Waals surface area contributed by atoms with Gasteiger partial charge in [0.15, 0.2) is 6.29 Å². The van der Waals surface area contributed by atoms with E-state index in [2.05, 4.69) is 4.98 Å². The van der Waals surface area contributed by atoms with Crippen molar-refractivity contribution in [2.75, 3.05) is 0 Å². The van der Waals surface area contributed by atoms with E-state index in [0.29, 0.717) is 0 Å². The van der Waals surface area contributed by atoms with Crippen LogP contribution in [0.15, 0.2) is 17.6 Å². The van der Waals surface area contributed by atoms with Crippen LogP contribution in [-0.2, 0) is 0 Å². The summed E-state index contributed by atoms with van der Waals surface area (Å²) in [5.41, 5.74) is 1.01. The summed E-state index contributed by atoms with van der Waals surface area (Å²) in [6.07, 6.45) is 2.71. The van der Waals surface area contributed by atoms with E-state index < -0.39 is 0 Å². The van der Waals surface area contributed by atoms with Gasteiger partial charge in [0.05, 0.1) is 14.8 Å². The highest BCUT2D eigenvalue weighted by Gasteiger charge is 2.07. The first-order chi connectivity index (χ1) is 6.31. The SMILES string of the molecule is Cc1ncc(-c2ccsc2C=O)s1. The highest BCUT2D eigenvalue weighted by atomic mass is 32.1. The van der Waals surface area contributed by atoms with E-state index in [1.807, 2.05) is 24.6 Å². The Kier molecular flexibility index (Phi) is 2.24. The van der Waals surface area contributed by atoms with Crippen LogP contribution < -0.4 is 0 Å². The molecule has 2 aromatic heterocycles. The summed E-state index contributed by atoms with van der Waals surface area (Å²) in [6.45, 7) is 1.96. The molecule has 66 valence electrons. The summed E-state index contributed by atoms with van der Waals surface area (Å²) in [5, 5.41) is 2.95. The summed E-state index contributed by atoms with van der Waals surface area (Å²) in [5.74, 6) is 0. The summed E-state index contributed by atoms with van der Waals surface area (Å²) in [4.78, 5) is 16.7. The molecule has 2 rings (SSSR count). The molecule has 0 atom stereocenters. The van der Waals surface area contributed by atoms with Crippen molar-refractivity contribution >= 4 is 29.0 Å². The number of nitrogens with zero attached hydrogens (tertiary/aromatic N) is 1. The molecule has 0 unspecified atom stereocenters. The van der Waals surface area contributed by atoms with E-state index in [1.54, 1.807) is 11.3 Å². The third kappa shape index (κ3) is 1.55. The van der Waals surface area contributed by atoms with Crippen molar-refractivity contribution in [1.82, 2.24) is 4.98 Å². The smallest absolute Gasteiger partial charge is 0.160 e. The predicted octanol–water partition coefficient (Wildman–Crippen LogP) is 2.99. The maximum atomic E-state index is 10.7. The van der Waals surface area contributed by atoms with Crippen molar-refractivity contribution in [2.24, 2.45) is 0 Å². The van der Waals surface area contributed by atoms with Gasteiger partial charge in [-0.2, -0.15) is 0 Å². The molecule has 0 amide bonds. The van der Waals surface area contributed by atoms with Crippen LogP contribution in [0.2, 0.25) is 0 Å². The summed E-state index contributed by atoms with van der Waals surface area (Å²) < 4.78 is 0. The average Bonchev–Trinajstić information content (AvgIpc) is 2.71. The number of carbonyl (C=O) groups excluding carboxylic acids is 1. The Bertz CT molecular complexity index is 430. The number of carbonyl (C=O) groups is 1. The molecule has 0 saturated carbocycles. The van der Waals surface area contributed by atoms with Gasteiger partial charge in [-0.05, 0) is 18.4 Å². The number of hydrogen-bond acceptors (Lipinski definition) is 4. The molecule has 0 aliphatic heterocycles. The first-order valence-corrected chi connectivity index (χ1v) is 5.46. The van der Waals surface area contributed by atoms with Crippen LogP contribution >= 0.6 is 22.7 Å². The Morgan fingerprint density at radius 1 is 1.54 bits per heavy atom. The Morgan fingerprint density at radius 3 is 3.00 bits per heavy atom. The van der Waals surface area contributed by atoms with Crippen LogP contribution in [0.5, 0.6) is 0 Å². The fourth-order valence-corrected chi connectivity index (χ4v) is 2.69. The normalized spacial score (nSPS) is 10.2. The third-order valence-corrected chi connectivity index (χ3v) is 3.48. The maximum absolute atomic E-state index is 10.7. The molecule has 0 aromatic carbocycles. The van der Waals surface area contributed by atoms with E-state index in [4.69, 9.17) is 0 Å². The zero-order valence-electron chi connectivity index (χ0n) is 6.98. The van der Waals surface area contributed by atoms with E-state index in [0.717, 1.165) is 26.6 Å². The number of rotatable bonds is 2. The molecule has 2 aromatic rings. The number of thiophene rings is 1. The van der Waals surface area contributed by atoms with Gasteiger partial charge >= 0.3 is 0 Å². The molecule has 0 fully saturated rings. The number of aryl methyl sites for hydroxylation is 1. The summed E-state index contributed by atoms with van der Waals surface area (Å²) in [6, 6.07) is 1.96. The van der Waals surface area contributed by atoms with Crippen LogP contribution in [0.3, 0.4) is 0 Å². The third-order valence-electron chi connectivity index (χ3n) is 1.69. The Balaban J connectivity index is 2.51. The molecular weight excluding hydrogens is 202 g/mol. The van der Waals surface area contributed by atoms with Gasteiger partial charge in [0.25, 0.3) is 0 Å². The minimum atomic E-state index is 0.781. The average molecular weight is 209 g/mol. The quantitative estimate of drug-likeness (QED) is 0.712. The lowest BCUT2D eigenvalue weighted by molar-refractivity contribution is 0.112. The van der Waals surface area contributed by atoms with Gasteiger partial charge in [-0.15, -0.1) is 22.7 Å². The van der Waals surface area contributed by atoms with E-state index in [-0.39, 0.29) is 0 Å². The highest BCUT2D eigenvalue weighted by molar-refractivity contribution is 7.16. The number of thiazole rings is 1. The highest BCUT2D eigenvalue weighted by Crippen LogP contribution is 2.30. The second-order valence-electron chi connectivity index (χ2n) is 2.56. The van der Waals surface area contributed by atoms with Crippen LogP contribution in [0.4, 0.5) is 0 Å². The first kappa shape index (κ1) is 8.59. The van der Waals surface area contributed by atoms with Crippen molar-refractivity contribution in [3.05, 3.63) is 27.5 Å². The first-order valence-electron chi connectivity index (χ1n) is 3.76. The van der Waals surface area contributed by atoms with Crippen LogP contribution in [0.25, 0.3) is 10.4 Å². The van der Waals surface area contributed by atoms with Crippen LogP contribution in [0, 0.1) is 6.92 Å². The second kappa shape index (κ2) is 3.40. The van der Waals surface area contributed by atoms with Gasteiger partial charge in [0.2, 0.25) is 0 Å². The van der Waals surface area contributed by atoms with E-state index in [9.17, 15) is 4.79 Å². The molecule has 0 N–H and O–H groups in total.